The van der Waals surface area contributed by atoms with E-state index in [4.69, 9.17) is 11.6 Å². The summed E-state index contributed by atoms with van der Waals surface area (Å²) in [4.78, 5) is 4.46. The quantitative estimate of drug-likeness (QED) is 0.916. The molecule has 0 amide bonds. The van der Waals surface area contributed by atoms with Crippen molar-refractivity contribution in [1.82, 2.24) is 5.32 Å². The summed E-state index contributed by atoms with van der Waals surface area (Å²) in [6.45, 7) is 1.69. The molecule has 0 atom stereocenters. The number of nitrogens with one attached hydrogen (secondary N) is 1. The topological polar surface area (TPSA) is 24.4 Å². The van der Waals surface area contributed by atoms with E-state index in [1.54, 1.807) is 12.1 Å². The lowest BCUT2D eigenvalue weighted by molar-refractivity contribution is 0.608. The average Bonchev–Trinajstić information content (AvgIpc) is 3.03. The number of hydrogen-bond acceptors (Lipinski definition) is 2. The number of amidine groups is 1. The standard InChI is InChI=1S/C17H16ClFN2/c18-14-7-8-16(19)13(11-14)6-5-12-3-1-2-4-15(12)17-20-9-10-21-17/h1-4,7-8,11H,5-6,9-10H2,(H,20,21). The number of nitrogens with zero attached hydrogens (tertiary/aromatic N) is 1. The first kappa shape index (κ1) is 14.1. The summed E-state index contributed by atoms with van der Waals surface area (Å²) in [7, 11) is 0. The minimum atomic E-state index is -0.201. The third kappa shape index (κ3) is 3.24. The maximum atomic E-state index is 13.8. The molecule has 4 heteroatoms. The van der Waals surface area contributed by atoms with Gasteiger partial charge in [0.2, 0.25) is 0 Å². The highest BCUT2D eigenvalue weighted by Gasteiger charge is 2.12. The normalized spacial score (nSPS) is 13.9. The van der Waals surface area contributed by atoms with Gasteiger partial charge in [-0.05, 0) is 42.2 Å². The first-order chi connectivity index (χ1) is 10.2. The van der Waals surface area contributed by atoms with Crippen molar-refractivity contribution in [2.45, 2.75) is 12.8 Å². The lowest BCUT2D eigenvalue weighted by Gasteiger charge is -2.10. The Morgan fingerprint density at radius 1 is 1.10 bits per heavy atom. The third-order valence-corrected chi connectivity index (χ3v) is 3.85. The molecule has 0 fully saturated rings. The van der Waals surface area contributed by atoms with Gasteiger partial charge in [0.15, 0.2) is 0 Å². The Kier molecular flexibility index (Phi) is 4.20. The van der Waals surface area contributed by atoms with E-state index in [0.29, 0.717) is 17.0 Å². The second-order valence-corrected chi connectivity index (χ2v) is 5.49. The van der Waals surface area contributed by atoms with Crippen molar-refractivity contribution in [3.63, 3.8) is 0 Å². The molecule has 1 heterocycles. The Bertz CT molecular complexity index is 682. The fraction of sp³-hybridized carbons (Fsp3) is 0.235. The van der Waals surface area contributed by atoms with Crippen LogP contribution in [-0.2, 0) is 12.8 Å². The zero-order chi connectivity index (χ0) is 14.7. The van der Waals surface area contributed by atoms with Crippen LogP contribution in [0.3, 0.4) is 0 Å². The van der Waals surface area contributed by atoms with Crippen LogP contribution in [0.2, 0.25) is 5.02 Å². The second-order valence-electron chi connectivity index (χ2n) is 5.05. The van der Waals surface area contributed by atoms with Crippen LogP contribution in [0.1, 0.15) is 16.7 Å². The van der Waals surface area contributed by atoms with Gasteiger partial charge in [-0.2, -0.15) is 0 Å². The van der Waals surface area contributed by atoms with Gasteiger partial charge in [0.05, 0.1) is 6.54 Å². The van der Waals surface area contributed by atoms with Gasteiger partial charge >= 0.3 is 0 Å². The van der Waals surface area contributed by atoms with Crippen molar-refractivity contribution >= 4 is 17.4 Å². The Balaban J connectivity index is 1.81. The van der Waals surface area contributed by atoms with Gasteiger partial charge in [-0.15, -0.1) is 0 Å². The van der Waals surface area contributed by atoms with E-state index in [9.17, 15) is 4.39 Å². The second kappa shape index (κ2) is 6.27. The highest BCUT2D eigenvalue weighted by atomic mass is 35.5. The molecule has 0 aromatic heterocycles. The fourth-order valence-electron chi connectivity index (χ4n) is 2.55. The van der Waals surface area contributed by atoms with Crippen molar-refractivity contribution in [2.24, 2.45) is 4.99 Å². The van der Waals surface area contributed by atoms with Gasteiger partial charge in [-0.25, -0.2) is 4.39 Å². The lowest BCUT2D eigenvalue weighted by Crippen LogP contribution is -2.21. The molecule has 0 saturated carbocycles. The van der Waals surface area contributed by atoms with Crippen LogP contribution in [0, 0.1) is 5.82 Å². The Morgan fingerprint density at radius 2 is 1.90 bits per heavy atom. The zero-order valence-electron chi connectivity index (χ0n) is 11.6. The van der Waals surface area contributed by atoms with Crippen molar-refractivity contribution in [2.75, 3.05) is 13.1 Å². The number of rotatable bonds is 4. The number of aryl methyl sites for hydroxylation is 2. The molecule has 1 aliphatic rings. The molecule has 1 aliphatic heterocycles. The van der Waals surface area contributed by atoms with Crippen LogP contribution in [0.15, 0.2) is 47.5 Å². The number of halogens is 2. The predicted molar refractivity (Wildman–Crippen MR) is 84.7 cm³/mol. The molecule has 0 radical (unpaired) electrons. The number of hydrogen-bond donors (Lipinski definition) is 1. The smallest absolute Gasteiger partial charge is 0.128 e. The average molecular weight is 303 g/mol. The molecule has 0 saturated heterocycles. The molecular formula is C17H16ClFN2. The maximum Gasteiger partial charge on any atom is 0.128 e. The number of aliphatic imine (C=N–C) groups is 1. The van der Waals surface area contributed by atoms with E-state index in [1.807, 2.05) is 12.1 Å². The van der Waals surface area contributed by atoms with E-state index >= 15 is 0 Å². The summed E-state index contributed by atoms with van der Waals surface area (Å²) >= 11 is 5.94. The first-order valence-electron chi connectivity index (χ1n) is 7.04. The van der Waals surface area contributed by atoms with Crippen LogP contribution in [0.25, 0.3) is 0 Å². The third-order valence-electron chi connectivity index (χ3n) is 3.62. The van der Waals surface area contributed by atoms with Gasteiger partial charge < -0.3 is 5.32 Å². The van der Waals surface area contributed by atoms with Crippen LogP contribution in [0.4, 0.5) is 4.39 Å². The van der Waals surface area contributed by atoms with Crippen molar-refractivity contribution in [1.29, 1.82) is 0 Å². The maximum absolute atomic E-state index is 13.8. The molecule has 3 rings (SSSR count). The van der Waals surface area contributed by atoms with Crippen molar-refractivity contribution in [3.05, 3.63) is 70.0 Å². The Labute approximate surface area is 128 Å². The SMILES string of the molecule is Fc1ccc(Cl)cc1CCc1ccccc1C1=NCCN1. The van der Waals surface area contributed by atoms with Gasteiger partial charge in [0.25, 0.3) is 0 Å². The van der Waals surface area contributed by atoms with Crippen LogP contribution in [0.5, 0.6) is 0 Å². The molecule has 0 spiro atoms. The number of benzene rings is 2. The first-order valence-corrected chi connectivity index (χ1v) is 7.42. The van der Waals surface area contributed by atoms with E-state index < -0.39 is 0 Å². The monoisotopic (exact) mass is 302 g/mol. The molecule has 1 N–H and O–H groups in total. The molecule has 2 aromatic carbocycles. The van der Waals surface area contributed by atoms with Crippen molar-refractivity contribution in [3.8, 4) is 0 Å². The van der Waals surface area contributed by atoms with Gasteiger partial charge in [0, 0.05) is 17.1 Å². The molecule has 2 nitrogen and oxygen atoms in total. The van der Waals surface area contributed by atoms with Crippen LogP contribution in [-0.4, -0.2) is 18.9 Å². The predicted octanol–water partition coefficient (Wildman–Crippen LogP) is 3.61. The highest BCUT2D eigenvalue weighted by Crippen LogP contribution is 2.19. The minimum Gasteiger partial charge on any atom is -0.368 e. The molecule has 2 aromatic rings. The van der Waals surface area contributed by atoms with Crippen LogP contribution < -0.4 is 5.32 Å². The van der Waals surface area contributed by atoms with Gasteiger partial charge in [0.1, 0.15) is 11.7 Å². The minimum absolute atomic E-state index is 0.201. The summed E-state index contributed by atoms with van der Waals surface area (Å²) < 4.78 is 13.8. The van der Waals surface area contributed by atoms with E-state index in [-0.39, 0.29) is 5.82 Å². The van der Waals surface area contributed by atoms with Gasteiger partial charge in [-0.3, -0.25) is 4.99 Å². The Hall–Kier alpha value is -1.87. The Morgan fingerprint density at radius 3 is 2.71 bits per heavy atom. The largest absolute Gasteiger partial charge is 0.368 e. The summed E-state index contributed by atoms with van der Waals surface area (Å²) in [5.74, 6) is 0.741. The molecule has 0 unspecified atom stereocenters. The highest BCUT2D eigenvalue weighted by molar-refractivity contribution is 6.30. The van der Waals surface area contributed by atoms with Crippen molar-refractivity contribution < 1.29 is 4.39 Å². The molecule has 108 valence electrons. The summed E-state index contributed by atoms with van der Waals surface area (Å²) in [6.07, 6.45) is 1.38. The van der Waals surface area contributed by atoms with Crippen LogP contribution >= 0.6 is 11.6 Å². The fourth-order valence-corrected chi connectivity index (χ4v) is 2.75. The summed E-state index contributed by atoms with van der Waals surface area (Å²) in [5, 5.41) is 3.86. The van der Waals surface area contributed by atoms with E-state index in [2.05, 4.69) is 22.4 Å². The molecule has 0 aliphatic carbocycles. The van der Waals surface area contributed by atoms with Gasteiger partial charge in [-0.1, -0.05) is 35.9 Å². The zero-order valence-corrected chi connectivity index (χ0v) is 12.3. The van der Waals surface area contributed by atoms with E-state index in [0.717, 1.165) is 30.9 Å². The lowest BCUT2D eigenvalue weighted by atomic mass is 9.99. The molecule has 0 bridgehead atoms. The summed E-state index contributed by atoms with van der Waals surface area (Å²) in [6, 6.07) is 12.8. The molecule has 21 heavy (non-hydrogen) atoms. The molecular weight excluding hydrogens is 287 g/mol. The summed E-state index contributed by atoms with van der Waals surface area (Å²) in [5.41, 5.74) is 2.93. The van der Waals surface area contributed by atoms with E-state index in [1.165, 1.54) is 11.6 Å².